The Morgan fingerprint density at radius 1 is 1.17 bits per heavy atom. The molecule has 1 unspecified atom stereocenters. The van der Waals surface area contributed by atoms with Crippen LogP contribution in [0, 0.1) is 0 Å². The monoisotopic (exact) mass is 303 g/mol. The fourth-order valence-corrected chi connectivity index (χ4v) is 2.47. The highest BCUT2D eigenvalue weighted by Gasteiger charge is 2.20. The van der Waals surface area contributed by atoms with Crippen LogP contribution in [0.25, 0.3) is 0 Å². The van der Waals surface area contributed by atoms with Crippen molar-refractivity contribution < 1.29 is 4.42 Å². The first-order valence-electron chi connectivity index (χ1n) is 5.54. The van der Waals surface area contributed by atoms with Gasteiger partial charge in [-0.05, 0) is 48.0 Å². The van der Waals surface area contributed by atoms with Gasteiger partial charge in [0, 0.05) is 15.6 Å². The van der Waals surface area contributed by atoms with Crippen LogP contribution >= 0.6 is 34.8 Å². The Balaban J connectivity index is 2.48. The maximum Gasteiger partial charge on any atom is 0.198 e. The molecule has 18 heavy (non-hydrogen) atoms. The molecule has 0 spiro atoms. The zero-order valence-corrected chi connectivity index (χ0v) is 12.0. The molecule has 0 saturated heterocycles. The number of halogens is 3. The summed E-state index contributed by atoms with van der Waals surface area (Å²) in [4.78, 5) is 0. The van der Waals surface area contributed by atoms with Gasteiger partial charge in [0.05, 0.1) is 12.3 Å². The van der Waals surface area contributed by atoms with Crippen LogP contribution < -0.4 is 5.32 Å². The summed E-state index contributed by atoms with van der Waals surface area (Å²) in [7, 11) is 0. The molecule has 2 rings (SSSR count). The van der Waals surface area contributed by atoms with Crippen LogP contribution in [0.2, 0.25) is 15.3 Å². The van der Waals surface area contributed by atoms with Crippen molar-refractivity contribution in [2.75, 3.05) is 6.54 Å². The molecule has 0 radical (unpaired) electrons. The third kappa shape index (κ3) is 2.83. The lowest BCUT2D eigenvalue weighted by molar-refractivity contribution is 0.555. The Morgan fingerprint density at radius 3 is 2.56 bits per heavy atom. The van der Waals surface area contributed by atoms with Gasteiger partial charge in [-0.3, -0.25) is 0 Å². The van der Waals surface area contributed by atoms with Crippen molar-refractivity contribution in [3.05, 3.63) is 56.9 Å². The van der Waals surface area contributed by atoms with E-state index in [1.807, 2.05) is 19.1 Å². The summed E-state index contributed by atoms with van der Waals surface area (Å²) in [5.74, 6) is 0. The Labute approximate surface area is 121 Å². The molecule has 1 heterocycles. The summed E-state index contributed by atoms with van der Waals surface area (Å²) in [5, 5.41) is 4.96. The van der Waals surface area contributed by atoms with E-state index in [-0.39, 0.29) is 6.04 Å². The molecule has 1 N–H and O–H groups in total. The molecular formula is C13H12Cl3NO. The topological polar surface area (TPSA) is 25.2 Å². The van der Waals surface area contributed by atoms with Gasteiger partial charge < -0.3 is 9.73 Å². The quantitative estimate of drug-likeness (QED) is 0.865. The first-order chi connectivity index (χ1) is 8.63. The largest absolute Gasteiger partial charge is 0.453 e. The predicted molar refractivity (Wildman–Crippen MR) is 75.7 cm³/mol. The maximum absolute atomic E-state index is 6.22. The van der Waals surface area contributed by atoms with E-state index in [0.29, 0.717) is 15.3 Å². The third-order valence-corrected chi connectivity index (χ3v) is 3.52. The van der Waals surface area contributed by atoms with Gasteiger partial charge in [0.1, 0.15) is 0 Å². The molecule has 96 valence electrons. The van der Waals surface area contributed by atoms with E-state index in [1.54, 1.807) is 18.4 Å². The van der Waals surface area contributed by atoms with Crippen LogP contribution in [0.15, 0.2) is 34.9 Å². The average Bonchev–Trinajstić information content (AvgIpc) is 2.76. The van der Waals surface area contributed by atoms with Crippen LogP contribution in [0.4, 0.5) is 0 Å². The zero-order chi connectivity index (χ0) is 13.1. The highest BCUT2D eigenvalue weighted by atomic mass is 35.5. The molecule has 0 aliphatic rings. The molecule has 1 atom stereocenters. The molecule has 0 aliphatic carbocycles. The van der Waals surface area contributed by atoms with Gasteiger partial charge in [-0.2, -0.15) is 0 Å². The lowest BCUT2D eigenvalue weighted by Crippen LogP contribution is -2.22. The normalized spacial score (nSPS) is 12.7. The summed E-state index contributed by atoms with van der Waals surface area (Å²) in [6, 6.07) is 7.06. The molecule has 0 saturated carbocycles. The van der Waals surface area contributed by atoms with Gasteiger partial charge in [0.2, 0.25) is 0 Å². The number of rotatable bonds is 4. The van der Waals surface area contributed by atoms with Crippen LogP contribution in [-0.4, -0.2) is 6.54 Å². The summed E-state index contributed by atoms with van der Waals surface area (Å²) in [6.45, 7) is 2.79. The van der Waals surface area contributed by atoms with E-state index in [4.69, 9.17) is 39.2 Å². The number of furan rings is 1. The SMILES string of the molecule is CCNC(c1cc(Cl)ccc1Cl)c1ccoc1Cl. The van der Waals surface area contributed by atoms with Gasteiger partial charge in [0.15, 0.2) is 5.22 Å². The van der Waals surface area contributed by atoms with Gasteiger partial charge in [-0.15, -0.1) is 0 Å². The van der Waals surface area contributed by atoms with Gasteiger partial charge in [-0.1, -0.05) is 30.1 Å². The fraction of sp³-hybridized carbons (Fsp3) is 0.231. The number of benzene rings is 1. The summed E-state index contributed by atoms with van der Waals surface area (Å²) in [6.07, 6.45) is 1.56. The Morgan fingerprint density at radius 2 is 1.94 bits per heavy atom. The summed E-state index contributed by atoms with van der Waals surface area (Å²) in [5.41, 5.74) is 1.73. The first kappa shape index (κ1) is 13.8. The van der Waals surface area contributed by atoms with Crippen molar-refractivity contribution in [2.24, 2.45) is 0 Å². The van der Waals surface area contributed by atoms with E-state index < -0.39 is 0 Å². The van der Waals surface area contributed by atoms with Crippen molar-refractivity contribution in [3.8, 4) is 0 Å². The highest BCUT2D eigenvalue weighted by Crippen LogP contribution is 2.34. The van der Waals surface area contributed by atoms with Crippen LogP contribution in [0.1, 0.15) is 24.1 Å². The molecule has 1 aromatic carbocycles. The van der Waals surface area contributed by atoms with E-state index >= 15 is 0 Å². The molecule has 1 aromatic heterocycles. The number of hydrogen-bond donors (Lipinski definition) is 1. The molecule has 0 amide bonds. The maximum atomic E-state index is 6.22. The van der Waals surface area contributed by atoms with Crippen molar-refractivity contribution in [3.63, 3.8) is 0 Å². The third-order valence-electron chi connectivity index (χ3n) is 2.63. The number of hydrogen-bond acceptors (Lipinski definition) is 2. The average molecular weight is 305 g/mol. The minimum atomic E-state index is -0.132. The van der Waals surface area contributed by atoms with Gasteiger partial charge >= 0.3 is 0 Å². The Bertz CT molecular complexity index is 539. The number of nitrogens with one attached hydrogen (secondary N) is 1. The minimum absolute atomic E-state index is 0.132. The molecule has 0 bridgehead atoms. The van der Waals surface area contributed by atoms with Crippen molar-refractivity contribution >= 4 is 34.8 Å². The first-order valence-corrected chi connectivity index (χ1v) is 6.68. The Kier molecular flexibility index (Phi) is 4.57. The molecule has 0 aliphatic heterocycles. The van der Waals surface area contributed by atoms with E-state index in [2.05, 4.69) is 5.32 Å². The van der Waals surface area contributed by atoms with E-state index in [1.165, 1.54) is 0 Å². The summed E-state index contributed by atoms with van der Waals surface area (Å²) < 4.78 is 5.13. The van der Waals surface area contributed by atoms with E-state index in [9.17, 15) is 0 Å². The minimum Gasteiger partial charge on any atom is -0.453 e. The van der Waals surface area contributed by atoms with Gasteiger partial charge in [-0.25, -0.2) is 0 Å². The molecule has 2 aromatic rings. The molecule has 5 heteroatoms. The second-order valence-corrected chi connectivity index (χ2v) is 4.99. The standard InChI is InChI=1S/C13H12Cl3NO/c1-2-17-12(9-5-6-18-13(9)16)10-7-8(14)3-4-11(10)15/h3-7,12,17H,2H2,1H3. The molecule has 2 nitrogen and oxygen atoms in total. The second-order valence-electron chi connectivity index (χ2n) is 3.81. The van der Waals surface area contributed by atoms with Crippen LogP contribution in [0.3, 0.4) is 0 Å². The molecule has 0 fully saturated rings. The smallest absolute Gasteiger partial charge is 0.198 e. The summed E-state index contributed by atoms with van der Waals surface area (Å²) >= 11 is 18.3. The van der Waals surface area contributed by atoms with Crippen molar-refractivity contribution in [2.45, 2.75) is 13.0 Å². The second kappa shape index (κ2) is 5.98. The van der Waals surface area contributed by atoms with Crippen LogP contribution in [-0.2, 0) is 0 Å². The zero-order valence-electron chi connectivity index (χ0n) is 9.71. The van der Waals surface area contributed by atoms with E-state index in [0.717, 1.165) is 17.7 Å². The highest BCUT2D eigenvalue weighted by molar-refractivity contribution is 6.33. The van der Waals surface area contributed by atoms with Crippen molar-refractivity contribution in [1.82, 2.24) is 5.32 Å². The lowest BCUT2D eigenvalue weighted by Gasteiger charge is -2.19. The fourth-order valence-electron chi connectivity index (χ4n) is 1.84. The Hall–Kier alpha value is -0.670. The lowest BCUT2D eigenvalue weighted by atomic mass is 10.0. The van der Waals surface area contributed by atoms with Crippen LogP contribution in [0.5, 0.6) is 0 Å². The molecular weight excluding hydrogens is 293 g/mol. The van der Waals surface area contributed by atoms with Gasteiger partial charge in [0.25, 0.3) is 0 Å². The van der Waals surface area contributed by atoms with Crippen molar-refractivity contribution in [1.29, 1.82) is 0 Å². The predicted octanol–water partition coefficient (Wildman–Crippen LogP) is 4.94.